The number of hydrogen-bond acceptors (Lipinski definition) is 7. The number of aromatic nitrogens is 2. The average molecular weight is 432 g/mol. The molecule has 0 spiro atoms. The fourth-order valence-corrected chi connectivity index (χ4v) is 4.24. The van der Waals surface area contributed by atoms with Gasteiger partial charge in [0.25, 0.3) is 5.56 Å². The van der Waals surface area contributed by atoms with E-state index in [0.717, 1.165) is 16.5 Å². The van der Waals surface area contributed by atoms with Crippen LogP contribution in [0.15, 0.2) is 45.3 Å². The first-order valence-corrected chi connectivity index (χ1v) is 10.0. The van der Waals surface area contributed by atoms with Crippen molar-refractivity contribution in [2.75, 3.05) is 0 Å². The standard InChI is InChI=1S/C22H20N6O4/c1-2-22(31)15-7-17-18-13(9-28(17)19(29)14(15)10-32-20(22)30)6-12-4-3-11(5-16(12)26-18)8-25-27-21(23)24/h3-8,31H,2,9-10H2,1H3,(H4,23,24,27)/b25-8+. The first kappa shape index (κ1) is 19.9. The van der Waals surface area contributed by atoms with Crippen molar-refractivity contribution >= 4 is 29.0 Å². The third-order valence-corrected chi connectivity index (χ3v) is 5.91. The Morgan fingerprint density at radius 1 is 1.31 bits per heavy atom. The Kier molecular flexibility index (Phi) is 4.34. The van der Waals surface area contributed by atoms with Crippen LogP contribution < -0.4 is 17.0 Å². The molecule has 2 aliphatic heterocycles. The highest BCUT2D eigenvalue weighted by Gasteiger charge is 2.45. The van der Waals surface area contributed by atoms with E-state index in [1.54, 1.807) is 17.6 Å². The van der Waals surface area contributed by atoms with Crippen molar-refractivity contribution in [1.82, 2.24) is 9.55 Å². The number of carbonyl (C=O) groups excluding carboxylic acids is 1. The van der Waals surface area contributed by atoms with Crippen LogP contribution in [0, 0.1) is 0 Å². The maximum atomic E-state index is 13.2. The number of esters is 1. The Balaban J connectivity index is 1.67. The summed E-state index contributed by atoms with van der Waals surface area (Å²) in [6.07, 6.45) is 1.61. The Morgan fingerprint density at radius 2 is 2.12 bits per heavy atom. The van der Waals surface area contributed by atoms with Gasteiger partial charge < -0.3 is 25.9 Å². The van der Waals surface area contributed by atoms with Crippen LogP contribution in [0.1, 0.15) is 35.6 Å². The van der Waals surface area contributed by atoms with Gasteiger partial charge in [0.1, 0.15) is 6.61 Å². The highest BCUT2D eigenvalue weighted by molar-refractivity contribution is 5.91. The molecule has 3 aromatic rings. The normalized spacial score (nSPS) is 18.9. The number of nitrogens with zero attached hydrogens (tertiary/aromatic N) is 4. The first-order chi connectivity index (χ1) is 15.3. The zero-order valence-corrected chi connectivity index (χ0v) is 17.2. The zero-order valence-electron chi connectivity index (χ0n) is 17.2. The number of ether oxygens (including phenoxy) is 1. The second-order valence-corrected chi connectivity index (χ2v) is 7.82. The maximum Gasteiger partial charge on any atom is 0.343 e. The molecule has 0 bridgehead atoms. The number of nitrogens with two attached hydrogens (primary N) is 2. The lowest BCUT2D eigenvalue weighted by atomic mass is 9.86. The number of benzene rings is 1. The molecule has 0 radical (unpaired) electrons. The fourth-order valence-electron chi connectivity index (χ4n) is 4.24. The van der Waals surface area contributed by atoms with Gasteiger partial charge in [-0.05, 0) is 30.2 Å². The summed E-state index contributed by atoms with van der Waals surface area (Å²) in [5.74, 6) is -0.884. The van der Waals surface area contributed by atoms with E-state index in [2.05, 4.69) is 10.2 Å². The number of rotatable bonds is 3. The summed E-state index contributed by atoms with van der Waals surface area (Å²) >= 11 is 0. The van der Waals surface area contributed by atoms with E-state index in [1.165, 1.54) is 6.21 Å². The lowest BCUT2D eigenvalue weighted by Crippen LogP contribution is -2.44. The highest BCUT2D eigenvalue weighted by Crippen LogP contribution is 2.38. The van der Waals surface area contributed by atoms with E-state index in [-0.39, 0.29) is 24.5 Å². The molecule has 2 aromatic heterocycles. The van der Waals surface area contributed by atoms with Crippen LogP contribution in [0.5, 0.6) is 0 Å². The summed E-state index contributed by atoms with van der Waals surface area (Å²) < 4.78 is 6.70. The predicted octanol–water partition coefficient (Wildman–Crippen LogP) is 0.687. The van der Waals surface area contributed by atoms with Gasteiger partial charge in [-0.2, -0.15) is 5.10 Å². The van der Waals surface area contributed by atoms with E-state index >= 15 is 0 Å². The van der Waals surface area contributed by atoms with Crippen LogP contribution in [0.3, 0.4) is 0 Å². The number of guanidine groups is 1. The third-order valence-electron chi connectivity index (χ3n) is 5.91. The second-order valence-electron chi connectivity index (χ2n) is 7.82. The lowest BCUT2D eigenvalue weighted by molar-refractivity contribution is -0.172. The van der Waals surface area contributed by atoms with Crippen molar-refractivity contribution in [1.29, 1.82) is 0 Å². The monoisotopic (exact) mass is 432 g/mol. The molecule has 0 amide bonds. The fraction of sp³-hybridized carbons (Fsp3) is 0.227. The molecule has 10 nitrogen and oxygen atoms in total. The average Bonchev–Trinajstić information content (AvgIpc) is 3.13. The van der Waals surface area contributed by atoms with Crippen molar-refractivity contribution in [3.05, 3.63) is 62.9 Å². The molecule has 0 fully saturated rings. The second kappa shape index (κ2) is 6.99. The molecule has 1 aromatic carbocycles. The summed E-state index contributed by atoms with van der Waals surface area (Å²) in [5.41, 5.74) is 12.5. The van der Waals surface area contributed by atoms with Crippen molar-refractivity contribution in [2.45, 2.75) is 32.1 Å². The van der Waals surface area contributed by atoms with Gasteiger partial charge in [0.2, 0.25) is 5.96 Å². The molecule has 5 rings (SSSR count). The molecule has 5 N–H and O–H groups in total. The number of cyclic esters (lactones) is 1. The first-order valence-electron chi connectivity index (χ1n) is 10.0. The highest BCUT2D eigenvalue weighted by atomic mass is 16.6. The quantitative estimate of drug-likeness (QED) is 0.186. The van der Waals surface area contributed by atoms with E-state index in [1.807, 2.05) is 24.3 Å². The zero-order chi connectivity index (χ0) is 22.6. The van der Waals surface area contributed by atoms with Gasteiger partial charge in [-0.25, -0.2) is 9.78 Å². The number of hydrogen-bond donors (Lipinski definition) is 3. The Bertz CT molecular complexity index is 1420. The molecule has 4 heterocycles. The molecule has 1 unspecified atom stereocenters. The molecular formula is C22H20N6O4. The molecular weight excluding hydrogens is 412 g/mol. The summed E-state index contributed by atoms with van der Waals surface area (Å²) in [5, 5.41) is 19.3. The van der Waals surface area contributed by atoms with Crippen LogP contribution in [0.4, 0.5) is 0 Å². The Morgan fingerprint density at radius 3 is 2.88 bits per heavy atom. The van der Waals surface area contributed by atoms with Gasteiger partial charge in [0.05, 0.1) is 35.2 Å². The molecule has 0 aliphatic carbocycles. The Hall–Kier alpha value is -4.05. The summed E-state index contributed by atoms with van der Waals surface area (Å²) in [4.78, 5) is 30.2. The van der Waals surface area contributed by atoms with E-state index < -0.39 is 11.6 Å². The van der Waals surface area contributed by atoms with Gasteiger partial charge in [0, 0.05) is 16.5 Å². The summed E-state index contributed by atoms with van der Waals surface area (Å²) in [6.45, 7) is 1.87. The molecule has 162 valence electrons. The number of aliphatic hydroxyl groups is 1. The molecule has 10 heteroatoms. The number of carbonyl (C=O) groups is 1. The Labute approximate surface area is 181 Å². The minimum absolute atomic E-state index is 0.0955. The van der Waals surface area contributed by atoms with Gasteiger partial charge in [-0.15, -0.1) is 5.10 Å². The summed E-state index contributed by atoms with van der Waals surface area (Å²) in [7, 11) is 0. The minimum atomic E-state index is -1.85. The molecule has 2 aliphatic rings. The number of pyridine rings is 2. The van der Waals surface area contributed by atoms with Crippen molar-refractivity contribution in [3.8, 4) is 11.4 Å². The molecule has 0 saturated heterocycles. The van der Waals surface area contributed by atoms with Crippen LogP contribution in [0.2, 0.25) is 0 Å². The molecule has 32 heavy (non-hydrogen) atoms. The van der Waals surface area contributed by atoms with Crippen LogP contribution in [0.25, 0.3) is 22.3 Å². The van der Waals surface area contributed by atoms with Crippen LogP contribution in [-0.4, -0.2) is 32.8 Å². The lowest BCUT2D eigenvalue weighted by Gasteiger charge is -2.31. The van der Waals surface area contributed by atoms with Gasteiger partial charge in [-0.3, -0.25) is 4.79 Å². The largest absolute Gasteiger partial charge is 0.458 e. The van der Waals surface area contributed by atoms with Crippen molar-refractivity contribution in [2.24, 2.45) is 21.7 Å². The SMILES string of the molecule is CCC1(O)C(=O)OCc2c1cc1n(c2=O)Cc2cc3ccc(/C=N/N=C(N)N)cc3nc2-1. The minimum Gasteiger partial charge on any atom is -0.458 e. The van der Waals surface area contributed by atoms with Gasteiger partial charge >= 0.3 is 5.97 Å². The maximum absolute atomic E-state index is 13.2. The topological polar surface area (TPSA) is 158 Å². The predicted molar refractivity (Wildman–Crippen MR) is 118 cm³/mol. The third kappa shape index (κ3) is 2.88. The van der Waals surface area contributed by atoms with Crippen LogP contribution >= 0.6 is 0 Å². The van der Waals surface area contributed by atoms with Crippen molar-refractivity contribution < 1.29 is 14.6 Å². The molecule has 1 atom stereocenters. The van der Waals surface area contributed by atoms with E-state index in [0.29, 0.717) is 34.6 Å². The molecule has 0 saturated carbocycles. The van der Waals surface area contributed by atoms with E-state index in [4.69, 9.17) is 21.2 Å². The summed E-state index contributed by atoms with van der Waals surface area (Å²) in [6, 6.07) is 9.27. The van der Waals surface area contributed by atoms with Gasteiger partial charge in [0.15, 0.2) is 5.60 Å². The van der Waals surface area contributed by atoms with E-state index in [9.17, 15) is 14.7 Å². The number of fused-ring (bicyclic) bond motifs is 5. The smallest absolute Gasteiger partial charge is 0.343 e. The van der Waals surface area contributed by atoms with Gasteiger partial charge in [-0.1, -0.05) is 19.1 Å². The van der Waals surface area contributed by atoms with Crippen molar-refractivity contribution in [3.63, 3.8) is 0 Å². The van der Waals surface area contributed by atoms with Crippen LogP contribution in [-0.2, 0) is 28.3 Å².